The zero-order chi connectivity index (χ0) is 13.8. The summed E-state index contributed by atoms with van der Waals surface area (Å²) in [6.07, 6.45) is 8.13. The topological polar surface area (TPSA) is 39.1 Å². The van der Waals surface area contributed by atoms with E-state index < -0.39 is 0 Å². The fourth-order valence-corrected chi connectivity index (χ4v) is 2.32. The van der Waals surface area contributed by atoms with Gasteiger partial charge in [-0.25, -0.2) is 4.68 Å². The molecule has 1 fully saturated rings. The molecule has 4 heteroatoms. The smallest absolute Gasteiger partial charge is 0.0656 e. The average Bonchev–Trinajstić information content (AvgIpc) is 2.95. The molecule has 4 nitrogen and oxygen atoms in total. The first-order chi connectivity index (χ1) is 9.81. The molecule has 1 aromatic carbocycles. The molecule has 104 valence electrons. The molecule has 2 atom stereocenters. The summed E-state index contributed by atoms with van der Waals surface area (Å²) in [7, 11) is 0. The first kappa shape index (κ1) is 13.1. The Labute approximate surface area is 119 Å². The van der Waals surface area contributed by atoms with Gasteiger partial charge in [-0.3, -0.25) is 0 Å². The van der Waals surface area contributed by atoms with E-state index in [9.17, 15) is 0 Å². The molecule has 0 aliphatic carbocycles. The predicted molar refractivity (Wildman–Crippen MR) is 79.8 cm³/mol. The Morgan fingerprint density at radius 1 is 1.30 bits per heavy atom. The van der Waals surface area contributed by atoms with Gasteiger partial charge in [0.05, 0.1) is 25.1 Å². The second kappa shape index (κ2) is 6.03. The van der Waals surface area contributed by atoms with Gasteiger partial charge < -0.3 is 10.1 Å². The van der Waals surface area contributed by atoms with E-state index >= 15 is 0 Å². The summed E-state index contributed by atoms with van der Waals surface area (Å²) in [4.78, 5) is 0. The van der Waals surface area contributed by atoms with Gasteiger partial charge in [0.15, 0.2) is 0 Å². The lowest BCUT2D eigenvalue weighted by molar-refractivity contribution is 0.0637. The molecular weight excluding hydrogens is 250 g/mol. The molecule has 1 saturated heterocycles. The van der Waals surface area contributed by atoms with E-state index in [1.54, 1.807) is 0 Å². The maximum atomic E-state index is 5.52. The van der Waals surface area contributed by atoms with Crippen LogP contribution in [0.2, 0.25) is 0 Å². The molecule has 1 N–H and O–H groups in total. The fraction of sp³-hybridized carbons (Fsp3) is 0.312. The molecule has 0 spiro atoms. The van der Waals surface area contributed by atoms with E-state index in [2.05, 4.69) is 29.5 Å². The number of nitrogens with one attached hydrogen (secondary N) is 1. The van der Waals surface area contributed by atoms with E-state index in [-0.39, 0.29) is 6.04 Å². The lowest BCUT2D eigenvalue weighted by Gasteiger charge is -2.26. The number of hydrogen-bond acceptors (Lipinski definition) is 3. The van der Waals surface area contributed by atoms with Crippen molar-refractivity contribution in [2.24, 2.45) is 0 Å². The Kier molecular flexibility index (Phi) is 3.95. The number of hydrogen-bond donors (Lipinski definition) is 1. The van der Waals surface area contributed by atoms with Crippen molar-refractivity contribution in [1.29, 1.82) is 0 Å². The third kappa shape index (κ3) is 3.15. The highest BCUT2D eigenvalue weighted by atomic mass is 16.5. The summed E-state index contributed by atoms with van der Waals surface area (Å²) in [5, 5.41) is 7.86. The second-order valence-corrected chi connectivity index (χ2v) is 5.12. The van der Waals surface area contributed by atoms with Crippen LogP contribution >= 0.6 is 0 Å². The van der Waals surface area contributed by atoms with Crippen molar-refractivity contribution in [3.63, 3.8) is 0 Å². The lowest BCUT2D eigenvalue weighted by Crippen LogP contribution is -2.46. The van der Waals surface area contributed by atoms with E-state index in [1.165, 1.54) is 0 Å². The van der Waals surface area contributed by atoms with Gasteiger partial charge in [-0.1, -0.05) is 30.4 Å². The number of nitrogens with zero attached hydrogens (tertiary/aromatic N) is 2. The third-order valence-electron chi connectivity index (χ3n) is 3.31. The zero-order valence-corrected chi connectivity index (χ0v) is 11.6. The van der Waals surface area contributed by atoms with Crippen molar-refractivity contribution < 1.29 is 4.74 Å². The summed E-state index contributed by atoms with van der Waals surface area (Å²) in [6.45, 7) is 3.65. The summed E-state index contributed by atoms with van der Waals surface area (Å²) in [5.41, 5.74) is 2.16. The fourth-order valence-electron chi connectivity index (χ4n) is 2.32. The minimum atomic E-state index is 0.277. The third-order valence-corrected chi connectivity index (χ3v) is 3.31. The number of ether oxygens (including phenoxy) is 1. The molecule has 20 heavy (non-hydrogen) atoms. The van der Waals surface area contributed by atoms with Gasteiger partial charge in [-0.2, -0.15) is 5.10 Å². The highest BCUT2D eigenvalue weighted by molar-refractivity contribution is 5.49. The monoisotopic (exact) mass is 269 g/mol. The molecule has 0 amide bonds. The van der Waals surface area contributed by atoms with Gasteiger partial charge in [0, 0.05) is 23.8 Å². The van der Waals surface area contributed by atoms with Crippen LogP contribution in [0.1, 0.15) is 12.5 Å². The first-order valence-electron chi connectivity index (χ1n) is 6.93. The van der Waals surface area contributed by atoms with Crippen LogP contribution in [0.15, 0.2) is 48.8 Å². The van der Waals surface area contributed by atoms with Crippen molar-refractivity contribution in [1.82, 2.24) is 15.1 Å². The largest absolute Gasteiger partial charge is 0.378 e. The van der Waals surface area contributed by atoms with E-state index in [0.717, 1.165) is 24.5 Å². The maximum absolute atomic E-state index is 5.52. The van der Waals surface area contributed by atoms with E-state index in [1.807, 2.05) is 47.4 Å². The second-order valence-electron chi connectivity index (χ2n) is 5.12. The first-order valence-corrected chi connectivity index (χ1v) is 6.93. The Hall–Kier alpha value is -1.91. The number of aromatic nitrogens is 2. The van der Waals surface area contributed by atoms with Crippen LogP contribution < -0.4 is 5.32 Å². The van der Waals surface area contributed by atoms with Gasteiger partial charge in [0.1, 0.15) is 0 Å². The summed E-state index contributed by atoms with van der Waals surface area (Å²) in [5.74, 6) is 0. The minimum absolute atomic E-state index is 0.277. The van der Waals surface area contributed by atoms with E-state index in [0.29, 0.717) is 6.04 Å². The molecular formula is C16H19N3O. The highest BCUT2D eigenvalue weighted by Gasteiger charge is 2.15. The molecule has 1 aliphatic rings. The molecule has 2 heterocycles. The van der Waals surface area contributed by atoms with E-state index in [4.69, 9.17) is 4.74 Å². The highest BCUT2D eigenvalue weighted by Crippen LogP contribution is 2.10. The summed E-state index contributed by atoms with van der Waals surface area (Å²) >= 11 is 0. The van der Waals surface area contributed by atoms with Gasteiger partial charge in [-0.05, 0) is 19.1 Å². The van der Waals surface area contributed by atoms with Crippen LogP contribution in [-0.4, -0.2) is 35.1 Å². The Balaban J connectivity index is 1.68. The van der Waals surface area contributed by atoms with Crippen LogP contribution in [0.25, 0.3) is 11.8 Å². The molecule has 2 unspecified atom stereocenters. The number of benzene rings is 1. The van der Waals surface area contributed by atoms with Crippen LogP contribution in [0.4, 0.5) is 0 Å². The molecule has 0 bridgehead atoms. The Morgan fingerprint density at radius 3 is 2.95 bits per heavy atom. The van der Waals surface area contributed by atoms with Crippen molar-refractivity contribution in [3.8, 4) is 5.69 Å². The molecule has 1 aliphatic heterocycles. The molecule has 2 aromatic rings. The SMILES string of the molecule is CC1COCC(/C=C/c2cnn(-c3ccccc3)c2)N1. The molecule has 0 saturated carbocycles. The average molecular weight is 269 g/mol. The van der Waals surface area contributed by atoms with Crippen LogP contribution in [0.5, 0.6) is 0 Å². The Morgan fingerprint density at radius 2 is 2.15 bits per heavy atom. The van der Waals surface area contributed by atoms with Crippen LogP contribution in [-0.2, 0) is 4.74 Å². The Bertz CT molecular complexity index is 576. The van der Waals surface area contributed by atoms with Crippen molar-refractivity contribution in [2.75, 3.05) is 13.2 Å². The van der Waals surface area contributed by atoms with Crippen molar-refractivity contribution in [3.05, 3.63) is 54.4 Å². The van der Waals surface area contributed by atoms with Crippen LogP contribution in [0.3, 0.4) is 0 Å². The lowest BCUT2D eigenvalue weighted by atomic mass is 10.2. The van der Waals surface area contributed by atoms with Gasteiger partial charge >= 0.3 is 0 Å². The standard InChI is InChI=1S/C16H19N3O/c1-13-11-20-12-15(18-13)8-7-14-9-17-19(10-14)16-5-3-2-4-6-16/h2-10,13,15,18H,11-12H2,1H3/b8-7+. The molecule has 0 radical (unpaired) electrons. The molecule has 3 rings (SSSR count). The number of para-hydroxylation sites is 1. The van der Waals surface area contributed by atoms with Crippen molar-refractivity contribution >= 4 is 6.08 Å². The van der Waals surface area contributed by atoms with Gasteiger partial charge in [0.25, 0.3) is 0 Å². The molecule has 1 aromatic heterocycles. The van der Waals surface area contributed by atoms with Gasteiger partial charge in [-0.15, -0.1) is 0 Å². The van der Waals surface area contributed by atoms with Gasteiger partial charge in [0.2, 0.25) is 0 Å². The summed E-state index contributed by atoms with van der Waals surface area (Å²) in [6, 6.07) is 10.8. The number of rotatable bonds is 3. The number of morpholine rings is 1. The summed E-state index contributed by atoms with van der Waals surface area (Å²) < 4.78 is 7.40. The minimum Gasteiger partial charge on any atom is -0.378 e. The van der Waals surface area contributed by atoms with Crippen molar-refractivity contribution in [2.45, 2.75) is 19.0 Å². The normalized spacial score (nSPS) is 23.2. The predicted octanol–water partition coefficient (Wildman–Crippen LogP) is 2.26. The quantitative estimate of drug-likeness (QED) is 0.929. The van der Waals surface area contributed by atoms with Crippen LogP contribution in [0, 0.1) is 0 Å². The maximum Gasteiger partial charge on any atom is 0.0656 e. The zero-order valence-electron chi connectivity index (χ0n) is 11.6.